The monoisotopic (exact) mass is 452 g/mol. The van der Waals surface area contributed by atoms with Crippen LogP contribution < -0.4 is 0 Å². The molecule has 1 N–H and O–H groups in total. The number of fused-ring (bicyclic) bond motifs is 6. The van der Waals surface area contributed by atoms with Crippen molar-refractivity contribution < 1.29 is 14.7 Å². The van der Waals surface area contributed by atoms with Crippen molar-refractivity contribution in [3.8, 4) is 0 Å². The van der Waals surface area contributed by atoms with E-state index in [0.29, 0.717) is 6.42 Å². The second-order valence-electron chi connectivity index (χ2n) is 14.3. The van der Waals surface area contributed by atoms with Crippen molar-refractivity contribution in [3.05, 3.63) is 22.8 Å². The minimum atomic E-state index is -0.690. The lowest BCUT2D eigenvalue weighted by Crippen LogP contribution is -2.58. The Morgan fingerprint density at radius 3 is 2.12 bits per heavy atom. The zero-order chi connectivity index (χ0) is 24.2. The van der Waals surface area contributed by atoms with Gasteiger partial charge in [-0.05, 0) is 105 Å². The summed E-state index contributed by atoms with van der Waals surface area (Å²) in [6.45, 7) is 16.4. The molecule has 0 aromatic heterocycles. The van der Waals surface area contributed by atoms with Gasteiger partial charge in [0.25, 0.3) is 0 Å². The van der Waals surface area contributed by atoms with E-state index in [1.165, 1.54) is 24.0 Å². The summed E-state index contributed by atoms with van der Waals surface area (Å²) in [5, 5.41) is 10.0. The molecular formula is C30H44O3. The Kier molecular flexibility index (Phi) is 4.70. The van der Waals surface area contributed by atoms with Gasteiger partial charge in [0.1, 0.15) is 0 Å². The number of ketones is 1. The van der Waals surface area contributed by atoms with Gasteiger partial charge in [-0.15, -0.1) is 0 Å². The van der Waals surface area contributed by atoms with E-state index >= 15 is 0 Å². The normalized spacial score (nSPS) is 48.8. The van der Waals surface area contributed by atoms with Crippen LogP contribution in [-0.4, -0.2) is 16.9 Å². The Morgan fingerprint density at radius 1 is 0.848 bits per heavy atom. The van der Waals surface area contributed by atoms with E-state index in [4.69, 9.17) is 0 Å². The number of carboxylic acid groups (broad SMARTS) is 1. The number of allylic oxidation sites excluding steroid dienone is 4. The lowest BCUT2D eigenvalue weighted by Gasteiger charge is -2.66. The molecule has 6 atom stereocenters. The summed E-state index contributed by atoms with van der Waals surface area (Å²) in [5.41, 5.74) is 3.44. The molecule has 0 radical (unpaired) electrons. The van der Waals surface area contributed by atoms with E-state index in [1.54, 1.807) is 0 Å². The molecule has 182 valence electrons. The molecule has 5 aliphatic rings. The fourth-order valence-electron chi connectivity index (χ4n) is 9.13. The molecule has 0 aliphatic heterocycles. The van der Waals surface area contributed by atoms with Crippen LogP contribution in [0.2, 0.25) is 0 Å². The summed E-state index contributed by atoms with van der Waals surface area (Å²) in [6, 6.07) is 0. The van der Waals surface area contributed by atoms with Crippen LogP contribution in [-0.2, 0) is 9.59 Å². The van der Waals surface area contributed by atoms with Gasteiger partial charge in [0.05, 0.1) is 5.41 Å². The van der Waals surface area contributed by atoms with E-state index in [-0.39, 0.29) is 38.8 Å². The molecule has 5 rings (SSSR count). The Bertz CT molecular complexity index is 1000. The molecule has 0 spiro atoms. The average Bonchev–Trinajstić information content (AvgIpc) is 2.72. The Hall–Kier alpha value is -1.38. The van der Waals surface area contributed by atoms with Crippen molar-refractivity contribution in [3.63, 3.8) is 0 Å². The van der Waals surface area contributed by atoms with Crippen LogP contribution in [0.3, 0.4) is 0 Å². The maximum atomic E-state index is 14.1. The smallest absolute Gasteiger partial charge is 0.309 e. The van der Waals surface area contributed by atoms with Crippen LogP contribution >= 0.6 is 0 Å². The Labute approximate surface area is 200 Å². The SMILES string of the molecule is CC1(C(=O)O)CCC2(C)CCC3(C)C(=CC(=O)C4=C5CCCC(C)(C)C5(C)CCC43C)C2C1. The van der Waals surface area contributed by atoms with E-state index in [9.17, 15) is 14.7 Å². The number of carbonyl (C=O) groups is 2. The van der Waals surface area contributed by atoms with Crippen LogP contribution in [0.1, 0.15) is 113 Å². The molecule has 3 saturated carbocycles. The van der Waals surface area contributed by atoms with E-state index in [2.05, 4.69) is 41.5 Å². The molecule has 5 aliphatic carbocycles. The summed E-state index contributed by atoms with van der Waals surface area (Å²) in [7, 11) is 0. The number of hydrogen-bond donors (Lipinski definition) is 1. The predicted octanol–water partition coefficient (Wildman–Crippen LogP) is 7.51. The molecular weight excluding hydrogens is 408 g/mol. The third-order valence-electron chi connectivity index (χ3n) is 12.6. The second kappa shape index (κ2) is 6.64. The molecule has 0 amide bonds. The first-order valence-corrected chi connectivity index (χ1v) is 13.4. The van der Waals surface area contributed by atoms with E-state index in [0.717, 1.165) is 50.5 Å². The van der Waals surface area contributed by atoms with Crippen molar-refractivity contribution in [2.75, 3.05) is 0 Å². The molecule has 3 fully saturated rings. The molecule has 6 unspecified atom stereocenters. The zero-order valence-electron chi connectivity index (χ0n) is 22.0. The highest BCUT2D eigenvalue weighted by atomic mass is 16.4. The summed E-state index contributed by atoms with van der Waals surface area (Å²) in [5.74, 6) is -0.239. The highest BCUT2D eigenvalue weighted by Crippen LogP contribution is 2.73. The van der Waals surface area contributed by atoms with Gasteiger partial charge in [0.2, 0.25) is 0 Å². The maximum Gasteiger partial charge on any atom is 0.309 e. The van der Waals surface area contributed by atoms with Gasteiger partial charge in [-0.25, -0.2) is 0 Å². The molecule has 0 bridgehead atoms. The van der Waals surface area contributed by atoms with Gasteiger partial charge in [0.15, 0.2) is 5.78 Å². The minimum absolute atomic E-state index is 0.0624. The van der Waals surface area contributed by atoms with Crippen LogP contribution in [0.5, 0.6) is 0 Å². The standard InChI is InChI=1S/C30H44O3/c1-25(2)10-8-9-19-23-22(31)17-20-21-18-27(4,24(32)33)12-11-26(21,3)13-14-29(20,6)30(23,7)16-15-28(19,25)5/h17,21H,8-16,18H2,1-7H3,(H,32,33). The third-order valence-corrected chi connectivity index (χ3v) is 12.6. The van der Waals surface area contributed by atoms with Crippen LogP contribution in [0, 0.1) is 38.4 Å². The topological polar surface area (TPSA) is 54.4 Å². The average molecular weight is 453 g/mol. The van der Waals surface area contributed by atoms with Crippen molar-refractivity contribution in [2.45, 2.75) is 113 Å². The van der Waals surface area contributed by atoms with Crippen LogP contribution in [0.4, 0.5) is 0 Å². The largest absolute Gasteiger partial charge is 0.481 e. The number of carbonyl (C=O) groups excluding carboxylic acids is 1. The summed E-state index contributed by atoms with van der Waals surface area (Å²) in [6.07, 6.45) is 12.3. The Balaban J connectivity index is 1.69. The molecule has 0 aromatic carbocycles. The minimum Gasteiger partial charge on any atom is -0.481 e. The number of aliphatic carboxylic acids is 1. The van der Waals surface area contributed by atoms with Gasteiger partial charge in [0, 0.05) is 11.0 Å². The third kappa shape index (κ3) is 2.74. The number of rotatable bonds is 1. The fraction of sp³-hybridized carbons (Fsp3) is 0.800. The van der Waals surface area contributed by atoms with Crippen molar-refractivity contribution in [1.82, 2.24) is 0 Å². The van der Waals surface area contributed by atoms with E-state index < -0.39 is 11.4 Å². The summed E-state index contributed by atoms with van der Waals surface area (Å²) >= 11 is 0. The number of carboxylic acids is 1. The highest BCUT2D eigenvalue weighted by Gasteiger charge is 2.65. The lowest BCUT2D eigenvalue weighted by molar-refractivity contribution is -0.154. The molecule has 33 heavy (non-hydrogen) atoms. The summed E-state index contributed by atoms with van der Waals surface area (Å²) < 4.78 is 0. The van der Waals surface area contributed by atoms with Crippen LogP contribution in [0.15, 0.2) is 22.8 Å². The van der Waals surface area contributed by atoms with Crippen molar-refractivity contribution >= 4 is 11.8 Å². The fourth-order valence-corrected chi connectivity index (χ4v) is 9.13. The first-order valence-electron chi connectivity index (χ1n) is 13.4. The van der Waals surface area contributed by atoms with Gasteiger partial charge in [-0.1, -0.05) is 52.7 Å². The molecule has 0 aromatic rings. The first kappa shape index (κ1) is 23.4. The van der Waals surface area contributed by atoms with Gasteiger partial charge in [-0.2, -0.15) is 0 Å². The zero-order valence-corrected chi connectivity index (χ0v) is 22.0. The molecule has 3 heteroatoms. The van der Waals surface area contributed by atoms with Gasteiger partial charge >= 0.3 is 5.97 Å². The number of hydrogen-bond acceptors (Lipinski definition) is 2. The maximum absolute atomic E-state index is 14.1. The van der Waals surface area contributed by atoms with Crippen molar-refractivity contribution in [2.24, 2.45) is 38.4 Å². The van der Waals surface area contributed by atoms with Crippen LogP contribution in [0.25, 0.3) is 0 Å². The second-order valence-corrected chi connectivity index (χ2v) is 14.3. The van der Waals surface area contributed by atoms with Crippen molar-refractivity contribution in [1.29, 1.82) is 0 Å². The van der Waals surface area contributed by atoms with Gasteiger partial charge in [-0.3, -0.25) is 9.59 Å². The first-order chi connectivity index (χ1) is 15.1. The lowest BCUT2D eigenvalue weighted by atomic mass is 9.38. The summed E-state index contributed by atoms with van der Waals surface area (Å²) in [4.78, 5) is 26.3. The quantitative estimate of drug-likeness (QED) is 0.448. The molecule has 0 saturated heterocycles. The van der Waals surface area contributed by atoms with Gasteiger partial charge < -0.3 is 5.11 Å². The highest BCUT2D eigenvalue weighted by molar-refractivity contribution is 6.08. The predicted molar refractivity (Wildman–Crippen MR) is 132 cm³/mol. The Morgan fingerprint density at radius 2 is 1.45 bits per heavy atom. The molecule has 3 nitrogen and oxygen atoms in total. The molecule has 0 heterocycles. The van der Waals surface area contributed by atoms with E-state index in [1.807, 2.05) is 13.0 Å².